The Hall–Kier alpha value is -2.78. The van der Waals surface area contributed by atoms with E-state index in [1.807, 2.05) is 36.4 Å². The average molecular weight is 368 g/mol. The second-order valence-corrected chi connectivity index (χ2v) is 5.85. The van der Waals surface area contributed by atoms with Crippen LogP contribution in [0.3, 0.4) is 0 Å². The fraction of sp³-hybridized carbons (Fsp3) is 0.0588. The number of nitrogens with zero attached hydrogens (tertiary/aromatic N) is 2. The molecule has 1 aliphatic rings. The number of aromatic amines is 1. The van der Waals surface area contributed by atoms with Crippen molar-refractivity contribution in [2.24, 2.45) is 0 Å². The Labute approximate surface area is 140 Å². The highest BCUT2D eigenvalue weighted by molar-refractivity contribution is 9.10. The molecule has 0 bridgehead atoms. The fourth-order valence-corrected chi connectivity index (χ4v) is 2.87. The lowest BCUT2D eigenvalue weighted by molar-refractivity contribution is 0.174. The summed E-state index contributed by atoms with van der Waals surface area (Å²) in [7, 11) is 0. The molecule has 4 rings (SSSR count). The van der Waals surface area contributed by atoms with Crippen molar-refractivity contribution < 1.29 is 9.47 Å². The Balaban J connectivity index is 1.80. The Morgan fingerprint density at radius 2 is 2.04 bits per heavy atom. The smallest absolute Gasteiger partial charge is 0.231 e. The summed E-state index contributed by atoms with van der Waals surface area (Å²) in [6.07, 6.45) is 1.77. The molecule has 0 saturated heterocycles. The maximum atomic E-state index is 9.50. The summed E-state index contributed by atoms with van der Waals surface area (Å²) in [4.78, 5) is 7.63. The van der Waals surface area contributed by atoms with Gasteiger partial charge in [-0.2, -0.15) is 5.26 Å². The Morgan fingerprint density at radius 3 is 2.83 bits per heavy atom. The van der Waals surface area contributed by atoms with E-state index in [-0.39, 0.29) is 6.79 Å². The van der Waals surface area contributed by atoms with Crippen LogP contribution in [-0.4, -0.2) is 16.8 Å². The van der Waals surface area contributed by atoms with Gasteiger partial charge in [-0.05, 0) is 35.9 Å². The van der Waals surface area contributed by atoms with E-state index < -0.39 is 0 Å². The molecule has 0 atom stereocenters. The van der Waals surface area contributed by atoms with E-state index in [2.05, 4.69) is 32.0 Å². The van der Waals surface area contributed by atoms with Crippen LogP contribution in [0, 0.1) is 11.3 Å². The summed E-state index contributed by atoms with van der Waals surface area (Å²) < 4.78 is 11.5. The zero-order valence-corrected chi connectivity index (χ0v) is 13.4. The number of halogens is 1. The third-order valence-electron chi connectivity index (χ3n) is 3.56. The van der Waals surface area contributed by atoms with Gasteiger partial charge in [-0.3, -0.25) is 0 Å². The maximum Gasteiger partial charge on any atom is 0.231 e. The number of nitriles is 1. The largest absolute Gasteiger partial charge is 0.454 e. The lowest BCUT2D eigenvalue weighted by Crippen LogP contribution is -1.92. The highest BCUT2D eigenvalue weighted by atomic mass is 79.9. The quantitative estimate of drug-likeness (QED) is 0.691. The van der Waals surface area contributed by atoms with Gasteiger partial charge in [-0.15, -0.1) is 0 Å². The van der Waals surface area contributed by atoms with Crippen molar-refractivity contribution in [2.45, 2.75) is 0 Å². The number of fused-ring (bicyclic) bond motifs is 2. The number of H-pyrrole nitrogens is 1. The number of para-hydroxylation sites is 2. The first-order valence-corrected chi connectivity index (χ1v) is 7.70. The Kier molecular flexibility index (Phi) is 3.28. The Morgan fingerprint density at radius 1 is 1.26 bits per heavy atom. The van der Waals surface area contributed by atoms with Crippen molar-refractivity contribution in [1.82, 2.24) is 9.97 Å². The second kappa shape index (κ2) is 5.45. The van der Waals surface area contributed by atoms with Gasteiger partial charge in [0, 0.05) is 4.47 Å². The zero-order valence-electron chi connectivity index (χ0n) is 11.8. The molecule has 3 aromatic rings. The lowest BCUT2D eigenvalue weighted by atomic mass is 10.1. The van der Waals surface area contributed by atoms with Crippen LogP contribution < -0.4 is 9.47 Å². The van der Waals surface area contributed by atoms with Crippen LogP contribution in [0.15, 0.2) is 40.9 Å². The first-order chi connectivity index (χ1) is 11.2. The number of aromatic nitrogens is 2. The third kappa shape index (κ3) is 2.45. The standard InChI is InChI=1S/C17H10BrN3O2/c18-12-7-16-15(22-9-23-16)6-10(12)5-11(8-19)17-20-13-3-1-2-4-14(13)21-17/h1-7H,9H2,(H,20,21)/b11-5-. The molecule has 1 N–H and O–H groups in total. The number of hydrogen-bond acceptors (Lipinski definition) is 4. The molecule has 5 nitrogen and oxygen atoms in total. The maximum absolute atomic E-state index is 9.50. The molecule has 0 unspecified atom stereocenters. The molecule has 0 radical (unpaired) electrons. The van der Waals surface area contributed by atoms with Gasteiger partial charge in [-0.25, -0.2) is 4.98 Å². The van der Waals surface area contributed by atoms with Crippen molar-refractivity contribution in [3.8, 4) is 17.6 Å². The number of ether oxygens (including phenoxy) is 2. The van der Waals surface area contributed by atoms with Crippen molar-refractivity contribution in [2.75, 3.05) is 6.79 Å². The number of nitrogens with one attached hydrogen (secondary N) is 1. The van der Waals surface area contributed by atoms with Gasteiger partial charge < -0.3 is 14.5 Å². The van der Waals surface area contributed by atoms with Crippen LogP contribution in [0.2, 0.25) is 0 Å². The number of imidazole rings is 1. The van der Waals surface area contributed by atoms with Crippen LogP contribution in [0.4, 0.5) is 0 Å². The molecular weight excluding hydrogens is 358 g/mol. The van der Waals surface area contributed by atoms with Gasteiger partial charge in [0.2, 0.25) is 6.79 Å². The SMILES string of the molecule is N#C/C(=C/c1cc2c(cc1Br)OCO2)c1nc2ccccc2[nH]1. The lowest BCUT2D eigenvalue weighted by Gasteiger charge is -2.02. The highest BCUT2D eigenvalue weighted by Crippen LogP contribution is 2.38. The van der Waals surface area contributed by atoms with Gasteiger partial charge in [0.05, 0.1) is 16.6 Å². The molecule has 6 heteroatoms. The van der Waals surface area contributed by atoms with E-state index in [4.69, 9.17) is 9.47 Å². The molecular formula is C17H10BrN3O2. The molecule has 0 saturated carbocycles. The summed E-state index contributed by atoms with van der Waals surface area (Å²) in [5, 5.41) is 9.50. The third-order valence-corrected chi connectivity index (χ3v) is 4.24. The van der Waals surface area contributed by atoms with E-state index in [0.717, 1.165) is 21.1 Å². The molecule has 0 spiro atoms. The first-order valence-electron chi connectivity index (χ1n) is 6.90. The normalized spacial score (nSPS) is 13.3. The number of rotatable bonds is 2. The predicted molar refractivity (Wildman–Crippen MR) is 89.8 cm³/mol. The van der Waals surface area contributed by atoms with Gasteiger partial charge in [-0.1, -0.05) is 28.1 Å². The summed E-state index contributed by atoms with van der Waals surface area (Å²) in [6, 6.07) is 13.5. The topological polar surface area (TPSA) is 70.9 Å². The van der Waals surface area contributed by atoms with E-state index in [0.29, 0.717) is 22.9 Å². The second-order valence-electron chi connectivity index (χ2n) is 5.00. The molecule has 1 aliphatic heterocycles. The monoisotopic (exact) mass is 367 g/mol. The van der Waals surface area contributed by atoms with E-state index in [1.54, 1.807) is 6.08 Å². The molecule has 2 heterocycles. The molecule has 23 heavy (non-hydrogen) atoms. The minimum Gasteiger partial charge on any atom is -0.454 e. The Bertz CT molecular complexity index is 952. The molecule has 1 aromatic heterocycles. The summed E-state index contributed by atoms with van der Waals surface area (Å²) in [5.74, 6) is 1.90. The van der Waals surface area contributed by atoms with Gasteiger partial charge in [0.1, 0.15) is 11.9 Å². The molecule has 112 valence electrons. The van der Waals surface area contributed by atoms with E-state index in [1.165, 1.54) is 0 Å². The van der Waals surface area contributed by atoms with Crippen LogP contribution in [0.5, 0.6) is 11.5 Å². The van der Waals surface area contributed by atoms with Crippen LogP contribution in [-0.2, 0) is 0 Å². The minimum atomic E-state index is 0.212. The molecule has 0 amide bonds. The summed E-state index contributed by atoms with van der Waals surface area (Å²) >= 11 is 3.49. The van der Waals surface area contributed by atoms with E-state index in [9.17, 15) is 5.26 Å². The van der Waals surface area contributed by atoms with Gasteiger partial charge in [0.15, 0.2) is 11.5 Å². The summed E-state index contributed by atoms with van der Waals surface area (Å²) in [5.41, 5.74) is 2.99. The van der Waals surface area contributed by atoms with Crippen LogP contribution in [0.1, 0.15) is 11.4 Å². The highest BCUT2D eigenvalue weighted by Gasteiger charge is 2.16. The zero-order chi connectivity index (χ0) is 15.8. The summed E-state index contributed by atoms with van der Waals surface area (Å²) in [6.45, 7) is 0.212. The average Bonchev–Trinajstić information content (AvgIpc) is 3.18. The van der Waals surface area contributed by atoms with Gasteiger partial charge in [0.25, 0.3) is 0 Å². The molecule has 2 aromatic carbocycles. The van der Waals surface area contributed by atoms with Crippen LogP contribution >= 0.6 is 15.9 Å². The van der Waals surface area contributed by atoms with Gasteiger partial charge >= 0.3 is 0 Å². The number of hydrogen-bond donors (Lipinski definition) is 1. The number of benzene rings is 2. The predicted octanol–water partition coefficient (Wildman–Crippen LogP) is 4.12. The van der Waals surface area contributed by atoms with Crippen LogP contribution in [0.25, 0.3) is 22.7 Å². The van der Waals surface area contributed by atoms with Crippen molar-refractivity contribution in [1.29, 1.82) is 5.26 Å². The van der Waals surface area contributed by atoms with E-state index >= 15 is 0 Å². The van der Waals surface area contributed by atoms with Crippen molar-refractivity contribution in [3.63, 3.8) is 0 Å². The minimum absolute atomic E-state index is 0.212. The molecule has 0 fully saturated rings. The van der Waals surface area contributed by atoms with Crippen molar-refractivity contribution >= 4 is 38.6 Å². The van der Waals surface area contributed by atoms with Crippen molar-refractivity contribution in [3.05, 3.63) is 52.3 Å². The number of allylic oxidation sites excluding steroid dienone is 1. The molecule has 0 aliphatic carbocycles. The first kappa shape index (κ1) is 13.9. The fourth-order valence-electron chi connectivity index (χ4n) is 2.43.